The number of ether oxygens (including phenoxy) is 2. The van der Waals surface area contributed by atoms with Crippen LogP contribution in [0.15, 0.2) is 59.3 Å². The van der Waals surface area contributed by atoms with Crippen molar-refractivity contribution in [1.29, 1.82) is 0 Å². The second-order valence-corrected chi connectivity index (χ2v) is 9.45. The molecule has 1 aliphatic rings. The Balaban J connectivity index is 1.40. The van der Waals surface area contributed by atoms with Crippen LogP contribution in [0.5, 0.6) is 11.5 Å². The van der Waals surface area contributed by atoms with Crippen molar-refractivity contribution < 1.29 is 18.8 Å². The van der Waals surface area contributed by atoms with Crippen molar-refractivity contribution in [2.24, 2.45) is 0 Å². The van der Waals surface area contributed by atoms with Crippen LogP contribution in [0.4, 0.5) is 0 Å². The van der Waals surface area contributed by atoms with Crippen molar-refractivity contribution in [3.05, 3.63) is 82.8 Å². The minimum atomic E-state index is -0.200. The summed E-state index contributed by atoms with van der Waals surface area (Å²) in [5, 5.41) is 9.00. The molecular weight excluding hydrogens is 468 g/mol. The van der Waals surface area contributed by atoms with E-state index in [1.165, 1.54) is 0 Å². The first-order valence-electron chi connectivity index (χ1n) is 12.4. The van der Waals surface area contributed by atoms with E-state index in [1.54, 1.807) is 14.2 Å². The molecule has 188 valence electrons. The molecule has 8 heteroatoms. The highest BCUT2D eigenvalue weighted by atomic mass is 16.5. The van der Waals surface area contributed by atoms with Crippen LogP contribution in [0.1, 0.15) is 57.6 Å². The van der Waals surface area contributed by atoms with Gasteiger partial charge in [0.2, 0.25) is 0 Å². The topological polar surface area (TPSA) is 102 Å². The van der Waals surface area contributed by atoms with E-state index in [9.17, 15) is 4.79 Å². The summed E-state index contributed by atoms with van der Waals surface area (Å²) < 4.78 is 16.8. The number of carbonyl (C=O) groups is 1. The van der Waals surface area contributed by atoms with Gasteiger partial charge in [-0.15, -0.1) is 0 Å². The Morgan fingerprint density at radius 2 is 1.97 bits per heavy atom. The number of benzene rings is 2. The van der Waals surface area contributed by atoms with E-state index in [2.05, 4.69) is 26.5 Å². The van der Waals surface area contributed by atoms with Gasteiger partial charge in [0, 0.05) is 46.7 Å². The summed E-state index contributed by atoms with van der Waals surface area (Å²) in [7, 11) is 3.26. The predicted octanol–water partition coefficient (Wildman–Crippen LogP) is 5.47. The number of aromatic nitrogens is 3. The number of para-hydroxylation sites is 2. The number of hydrogen-bond donors (Lipinski definition) is 2. The number of pyridine rings is 1. The van der Waals surface area contributed by atoms with Crippen LogP contribution in [0.2, 0.25) is 0 Å². The lowest BCUT2D eigenvalue weighted by Gasteiger charge is -2.22. The minimum Gasteiger partial charge on any atom is -0.493 e. The number of nitrogens with one attached hydrogen (secondary N) is 2. The van der Waals surface area contributed by atoms with Gasteiger partial charge in [0.05, 0.1) is 30.9 Å². The van der Waals surface area contributed by atoms with Gasteiger partial charge in [0.15, 0.2) is 11.5 Å². The molecule has 8 nitrogen and oxygen atoms in total. The molecule has 1 aliphatic carbocycles. The number of hydrogen-bond acceptors (Lipinski definition) is 6. The SMILES string of the molecule is COc1cccc([C@@H](CNC(=O)c2cc(C3CC3)nc3onc(C)c23)c2c[nH]c3ccccc23)c1OC. The summed E-state index contributed by atoms with van der Waals surface area (Å²) in [6.07, 6.45) is 4.15. The lowest BCUT2D eigenvalue weighted by molar-refractivity contribution is 0.0953. The number of rotatable bonds is 8. The van der Waals surface area contributed by atoms with Gasteiger partial charge >= 0.3 is 0 Å². The quantitative estimate of drug-likeness (QED) is 0.295. The minimum absolute atomic E-state index is 0.188. The Hall–Kier alpha value is -4.33. The molecule has 6 rings (SSSR count). The third-order valence-electron chi connectivity index (χ3n) is 7.15. The zero-order valence-corrected chi connectivity index (χ0v) is 21.0. The summed E-state index contributed by atoms with van der Waals surface area (Å²) in [5.41, 5.74) is 5.50. The third kappa shape index (κ3) is 4.08. The van der Waals surface area contributed by atoms with Crippen molar-refractivity contribution >= 4 is 27.9 Å². The molecule has 3 aromatic heterocycles. The van der Waals surface area contributed by atoms with E-state index in [0.717, 1.165) is 40.6 Å². The largest absolute Gasteiger partial charge is 0.493 e. The molecule has 1 amide bonds. The smallest absolute Gasteiger partial charge is 0.259 e. The molecule has 0 aliphatic heterocycles. The van der Waals surface area contributed by atoms with Gasteiger partial charge in [-0.2, -0.15) is 0 Å². The van der Waals surface area contributed by atoms with Crippen LogP contribution < -0.4 is 14.8 Å². The lowest BCUT2D eigenvalue weighted by atomic mass is 9.89. The average molecular weight is 497 g/mol. The first-order valence-corrected chi connectivity index (χ1v) is 12.4. The number of aryl methyl sites for hydroxylation is 1. The van der Waals surface area contributed by atoms with Crippen molar-refractivity contribution in [3.8, 4) is 11.5 Å². The van der Waals surface area contributed by atoms with Crippen LogP contribution in [-0.4, -0.2) is 41.8 Å². The average Bonchev–Trinajstić information content (AvgIpc) is 3.60. The summed E-state index contributed by atoms with van der Waals surface area (Å²) >= 11 is 0. The van der Waals surface area contributed by atoms with Crippen LogP contribution in [0.25, 0.3) is 22.0 Å². The second-order valence-electron chi connectivity index (χ2n) is 9.45. The van der Waals surface area contributed by atoms with E-state index in [1.807, 2.05) is 55.6 Å². The molecule has 3 heterocycles. The Kier molecular flexibility index (Phi) is 5.79. The Bertz CT molecular complexity index is 1620. The molecule has 0 saturated heterocycles. The second kappa shape index (κ2) is 9.28. The normalized spacial score (nSPS) is 14.1. The van der Waals surface area contributed by atoms with Crippen LogP contribution >= 0.6 is 0 Å². The molecule has 2 aromatic carbocycles. The maximum Gasteiger partial charge on any atom is 0.259 e. The van der Waals surface area contributed by atoms with Crippen LogP contribution in [-0.2, 0) is 0 Å². The van der Waals surface area contributed by atoms with Crippen LogP contribution in [0.3, 0.4) is 0 Å². The summed E-state index contributed by atoms with van der Waals surface area (Å²) in [5.74, 6) is 1.27. The molecule has 0 spiro atoms. The Labute approximate surface area is 214 Å². The summed E-state index contributed by atoms with van der Waals surface area (Å²) in [4.78, 5) is 21.7. The zero-order chi connectivity index (χ0) is 25.5. The first-order chi connectivity index (χ1) is 18.1. The van der Waals surface area contributed by atoms with Crippen molar-refractivity contribution in [3.63, 3.8) is 0 Å². The number of H-pyrrole nitrogens is 1. The fourth-order valence-electron chi connectivity index (χ4n) is 5.13. The van der Waals surface area contributed by atoms with Gasteiger partial charge in [-0.3, -0.25) is 4.79 Å². The van der Waals surface area contributed by atoms with Crippen molar-refractivity contribution in [1.82, 2.24) is 20.4 Å². The van der Waals surface area contributed by atoms with Gasteiger partial charge in [-0.1, -0.05) is 35.5 Å². The summed E-state index contributed by atoms with van der Waals surface area (Å²) in [6.45, 7) is 2.17. The monoisotopic (exact) mass is 496 g/mol. The Morgan fingerprint density at radius 1 is 1.14 bits per heavy atom. The molecule has 0 bridgehead atoms. The number of fused-ring (bicyclic) bond motifs is 2. The summed E-state index contributed by atoms with van der Waals surface area (Å²) in [6, 6.07) is 15.9. The van der Waals surface area contributed by atoms with Crippen LogP contribution in [0, 0.1) is 6.92 Å². The highest BCUT2D eigenvalue weighted by Crippen LogP contribution is 2.41. The maximum atomic E-state index is 13.7. The zero-order valence-electron chi connectivity index (χ0n) is 21.0. The highest BCUT2D eigenvalue weighted by molar-refractivity contribution is 6.06. The number of nitrogens with zero attached hydrogens (tertiary/aromatic N) is 2. The third-order valence-corrected chi connectivity index (χ3v) is 7.15. The van der Waals surface area contributed by atoms with Crippen molar-refractivity contribution in [2.75, 3.05) is 20.8 Å². The van der Waals surface area contributed by atoms with Gasteiger partial charge in [-0.05, 0) is 43.5 Å². The maximum absolute atomic E-state index is 13.7. The van der Waals surface area contributed by atoms with E-state index >= 15 is 0 Å². The first kappa shape index (κ1) is 23.1. The predicted molar refractivity (Wildman–Crippen MR) is 141 cm³/mol. The number of aromatic amines is 1. The van der Waals surface area contributed by atoms with E-state index in [0.29, 0.717) is 46.3 Å². The van der Waals surface area contributed by atoms with Crippen molar-refractivity contribution in [2.45, 2.75) is 31.6 Å². The van der Waals surface area contributed by atoms with Gasteiger partial charge in [-0.25, -0.2) is 4.98 Å². The molecule has 1 fully saturated rings. The number of carbonyl (C=O) groups excluding carboxylic acids is 1. The molecule has 0 radical (unpaired) electrons. The molecule has 5 aromatic rings. The molecule has 0 unspecified atom stereocenters. The van der Waals surface area contributed by atoms with Gasteiger partial charge in [0.25, 0.3) is 11.6 Å². The molecular formula is C29H28N4O4. The number of amides is 1. The lowest BCUT2D eigenvalue weighted by Crippen LogP contribution is -2.29. The molecule has 1 saturated carbocycles. The number of methoxy groups -OCH3 is 2. The van der Waals surface area contributed by atoms with E-state index in [-0.39, 0.29) is 11.8 Å². The van der Waals surface area contributed by atoms with E-state index < -0.39 is 0 Å². The van der Waals surface area contributed by atoms with Gasteiger partial charge in [0.1, 0.15) is 0 Å². The fourth-order valence-corrected chi connectivity index (χ4v) is 5.13. The highest BCUT2D eigenvalue weighted by Gasteiger charge is 2.29. The van der Waals surface area contributed by atoms with Gasteiger partial charge < -0.3 is 24.3 Å². The Morgan fingerprint density at radius 3 is 2.76 bits per heavy atom. The standard InChI is InChI=1S/C29H28N4O4/c1-16-26-20(13-24(17-11-12-17)32-29(26)37-33-16)28(34)31-15-22(19-8-6-10-25(35-2)27(19)36-3)21-14-30-23-9-5-4-7-18(21)23/h4-10,13-14,17,22,30H,11-12,15H2,1-3H3,(H,31,34)/t22-/m1/s1. The molecule has 2 N–H and O–H groups in total. The fraction of sp³-hybridized carbons (Fsp3) is 0.276. The molecule has 37 heavy (non-hydrogen) atoms. The molecule has 1 atom stereocenters. The van der Waals surface area contributed by atoms with E-state index in [4.69, 9.17) is 14.0 Å².